The van der Waals surface area contributed by atoms with Crippen LogP contribution in [0.1, 0.15) is 45.7 Å². The third kappa shape index (κ3) is 5.42. The minimum Gasteiger partial charge on any atom is -0.452 e. The molecule has 2 aromatic carbocycles. The van der Waals surface area contributed by atoms with Crippen LogP contribution in [0.4, 0.5) is 5.69 Å². The molecule has 0 spiro atoms. The summed E-state index contributed by atoms with van der Waals surface area (Å²) in [7, 11) is 0. The topological polar surface area (TPSA) is 75.7 Å². The third-order valence-electron chi connectivity index (χ3n) is 4.41. The molecule has 0 saturated heterocycles. The van der Waals surface area contributed by atoms with Crippen molar-refractivity contribution in [2.24, 2.45) is 0 Å². The summed E-state index contributed by atoms with van der Waals surface area (Å²) in [4.78, 5) is 38.2. The van der Waals surface area contributed by atoms with E-state index in [0.29, 0.717) is 29.9 Å². The van der Waals surface area contributed by atoms with E-state index in [1.54, 1.807) is 35.2 Å². The van der Waals surface area contributed by atoms with Gasteiger partial charge in [0.05, 0.1) is 5.56 Å². The lowest BCUT2D eigenvalue weighted by atomic mass is 10.1. The second-order valence-corrected chi connectivity index (χ2v) is 6.50. The van der Waals surface area contributed by atoms with Gasteiger partial charge >= 0.3 is 5.97 Å². The molecule has 2 rings (SSSR count). The van der Waals surface area contributed by atoms with Crippen LogP contribution in [0.3, 0.4) is 0 Å². The average molecular weight is 382 g/mol. The van der Waals surface area contributed by atoms with Crippen molar-refractivity contribution >= 4 is 23.5 Å². The van der Waals surface area contributed by atoms with Crippen LogP contribution < -0.4 is 5.32 Å². The van der Waals surface area contributed by atoms with Crippen molar-refractivity contribution < 1.29 is 19.1 Å². The number of rotatable bonds is 7. The molecule has 6 nitrogen and oxygen atoms in total. The number of carbonyl (C=O) groups excluding carboxylic acids is 3. The number of nitrogens with one attached hydrogen (secondary N) is 1. The molecular weight excluding hydrogens is 356 g/mol. The number of ether oxygens (including phenoxy) is 1. The number of amides is 2. The number of anilines is 1. The normalized spacial score (nSPS) is 10.3. The fourth-order valence-corrected chi connectivity index (χ4v) is 2.75. The number of carbonyl (C=O) groups is 3. The van der Waals surface area contributed by atoms with Gasteiger partial charge in [-0.3, -0.25) is 9.59 Å². The lowest BCUT2D eigenvalue weighted by Gasteiger charge is -2.18. The summed E-state index contributed by atoms with van der Waals surface area (Å²) < 4.78 is 5.11. The molecule has 0 atom stereocenters. The largest absolute Gasteiger partial charge is 0.452 e. The maximum Gasteiger partial charge on any atom is 0.338 e. The van der Waals surface area contributed by atoms with E-state index in [9.17, 15) is 14.4 Å². The second kappa shape index (κ2) is 9.69. The van der Waals surface area contributed by atoms with Gasteiger partial charge < -0.3 is 15.0 Å². The van der Waals surface area contributed by atoms with E-state index in [0.717, 1.165) is 11.1 Å². The molecule has 0 saturated carbocycles. The highest BCUT2D eigenvalue weighted by Gasteiger charge is 2.14. The Bertz CT molecular complexity index is 855. The minimum absolute atomic E-state index is 0.0506. The zero-order chi connectivity index (χ0) is 20.7. The van der Waals surface area contributed by atoms with Gasteiger partial charge in [-0.1, -0.05) is 17.7 Å². The van der Waals surface area contributed by atoms with E-state index < -0.39 is 11.9 Å². The average Bonchev–Trinajstić information content (AvgIpc) is 2.69. The molecule has 0 heterocycles. The number of aryl methyl sites for hydroxylation is 2. The van der Waals surface area contributed by atoms with Crippen LogP contribution in [0.15, 0.2) is 42.5 Å². The summed E-state index contributed by atoms with van der Waals surface area (Å²) in [6, 6.07) is 12.1. The quantitative estimate of drug-likeness (QED) is 0.743. The molecule has 2 aromatic rings. The summed E-state index contributed by atoms with van der Waals surface area (Å²) in [6.07, 6.45) is 0. The number of hydrogen-bond donors (Lipinski definition) is 1. The van der Waals surface area contributed by atoms with Crippen LogP contribution >= 0.6 is 0 Å². The molecule has 0 fully saturated rings. The van der Waals surface area contributed by atoms with Gasteiger partial charge in [-0.05, 0) is 63.6 Å². The Morgan fingerprint density at radius 2 is 1.61 bits per heavy atom. The minimum atomic E-state index is -0.531. The molecular formula is C22H26N2O4. The van der Waals surface area contributed by atoms with Crippen LogP contribution in [-0.2, 0) is 9.53 Å². The predicted molar refractivity (Wildman–Crippen MR) is 109 cm³/mol. The van der Waals surface area contributed by atoms with Crippen LogP contribution in [0, 0.1) is 13.8 Å². The lowest BCUT2D eigenvalue weighted by molar-refractivity contribution is -0.119. The fraction of sp³-hybridized carbons (Fsp3) is 0.318. The van der Waals surface area contributed by atoms with Gasteiger partial charge in [-0.25, -0.2) is 4.79 Å². The van der Waals surface area contributed by atoms with Gasteiger partial charge in [0, 0.05) is 24.3 Å². The van der Waals surface area contributed by atoms with Crippen molar-refractivity contribution in [3.8, 4) is 0 Å². The van der Waals surface area contributed by atoms with Crippen molar-refractivity contribution in [2.45, 2.75) is 27.7 Å². The molecule has 0 aliphatic rings. The maximum atomic E-state index is 12.3. The first-order valence-corrected chi connectivity index (χ1v) is 9.29. The molecule has 148 valence electrons. The monoisotopic (exact) mass is 382 g/mol. The number of nitrogens with zero attached hydrogens (tertiary/aromatic N) is 1. The summed E-state index contributed by atoms with van der Waals surface area (Å²) in [6.45, 7) is 8.45. The van der Waals surface area contributed by atoms with E-state index in [1.165, 1.54) is 0 Å². The third-order valence-corrected chi connectivity index (χ3v) is 4.41. The van der Waals surface area contributed by atoms with Crippen LogP contribution in [0.25, 0.3) is 0 Å². The van der Waals surface area contributed by atoms with E-state index in [-0.39, 0.29) is 12.5 Å². The van der Waals surface area contributed by atoms with E-state index in [2.05, 4.69) is 5.32 Å². The molecule has 0 aliphatic carbocycles. The van der Waals surface area contributed by atoms with Gasteiger partial charge in [0.15, 0.2) is 6.61 Å². The second-order valence-electron chi connectivity index (χ2n) is 6.50. The fourth-order valence-electron chi connectivity index (χ4n) is 2.75. The van der Waals surface area contributed by atoms with Crippen molar-refractivity contribution in [3.05, 3.63) is 64.7 Å². The SMILES string of the molecule is CCN(CC)C(=O)c1ccc(NC(=O)COC(=O)c2cc(C)ccc2C)cc1. The van der Waals surface area contributed by atoms with Crippen LogP contribution in [-0.4, -0.2) is 42.4 Å². The van der Waals surface area contributed by atoms with Crippen LogP contribution in [0.2, 0.25) is 0 Å². The Morgan fingerprint density at radius 3 is 2.21 bits per heavy atom. The molecule has 0 aromatic heterocycles. The van der Waals surface area contributed by atoms with Crippen molar-refractivity contribution in [1.29, 1.82) is 0 Å². The van der Waals surface area contributed by atoms with Gasteiger partial charge in [-0.2, -0.15) is 0 Å². The predicted octanol–water partition coefficient (Wildman–Crippen LogP) is 3.58. The lowest BCUT2D eigenvalue weighted by Crippen LogP contribution is -2.30. The number of benzene rings is 2. The molecule has 0 radical (unpaired) electrons. The zero-order valence-corrected chi connectivity index (χ0v) is 16.7. The Morgan fingerprint density at radius 1 is 0.964 bits per heavy atom. The Kier molecular flexibility index (Phi) is 7.32. The standard InChI is InChI=1S/C22H26N2O4/c1-5-24(6-2)21(26)17-9-11-18(12-10-17)23-20(25)14-28-22(27)19-13-15(3)7-8-16(19)4/h7-13H,5-6,14H2,1-4H3,(H,23,25). The molecule has 1 N–H and O–H groups in total. The van der Waals surface area contributed by atoms with Gasteiger partial charge in [0.2, 0.25) is 0 Å². The molecule has 2 amide bonds. The molecule has 0 bridgehead atoms. The molecule has 0 aliphatic heterocycles. The first-order chi connectivity index (χ1) is 13.3. The first-order valence-electron chi connectivity index (χ1n) is 9.29. The summed E-state index contributed by atoms with van der Waals surface area (Å²) in [5.74, 6) is -1.02. The van der Waals surface area contributed by atoms with Crippen molar-refractivity contribution in [1.82, 2.24) is 4.90 Å². The Balaban J connectivity index is 1.92. The zero-order valence-electron chi connectivity index (χ0n) is 16.7. The van der Waals surface area contributed by atoms with E-state index in [1.807, 2.05) is 39.8 Å². The number of esters is 1. The summed E-state index contributed by atoms with van der Waals surface area (Å²) in [5, 5.41) is 2.66. The summed E-state index contributed by atoms with van der Waals surface area (Å²) in [5.41, 5.74) is 3.28. The molecule has 0 unspecified atom stereocenters. The smallest absolute Gasteiger partial charge is 0.338 e. The first kappa shape index (κ1) is 21.2. The Labute approximate surface area is 165 Å². The van der Waals surface area contributed by atoms with Crippen molar-refractivity contribution in [3.63, 3.8) is 0 Å². The highest BCUT2D eigenvalue weighted by Crippen LogP contribution is 2.13. The van der Waals surface area contributed by atoms with Gasteiger partial charge in [0.1, 0.15) is 0 Å². The number of hydrogen-bond acceptors (Lipinski definition) is 4. The molecule has 6 heteroatoms. The van der Waals surface area contributed by atoms with Crippen LogP contribution in [0.5, 0.6) is 0 Å². The highest BCUT2D eigenvalue weighted by atomic mass is 16.5. The Hall–Kier alpha value is -3.15. The maximum absolute atomic E-state index is 12.3. The molecule has 28 heavy (non-hydrogen) atoms. The van der Waals surface area contributed by atoms with Gasteiger partial charge in [-0.15, -0.1) is 0 Å². The van der Waals surface area contributed by atoms with E-state index >= 15 is 0 Å². The highest BCUT2D eigenvalue weighted by molar-refractivity contribution is 5.97. The van der Waals surface area contributed by atoms with Crippen molar-refractivity contribution in [2.75, 3.05) is 25.0 Å². The summed E-state index contributed by atoms with van der Waals surface area (Å²) >= 11 is 0. The van der Waals surface area contributed by atoms with E-state index in [4.69, 9.17) is 4.74 Å². The van der Waals surface area contributed by atoms with Gasteiger partial charge in [0.25, 0.3) is 11.8 Å².